The lowest BCUT2D eigenvalue weighted by Crippen LogP contribution is -2.46. The van der Waals surface area contributed by atoms with Crippen molar-refractivity contribution in [3.05, 3.63) is 29.6 Å². The molecule has 5 nitrogen and oxygen atoms in total. The van der Waals surface area contributed by atoms with Crippen molar-refractivity contribution in [2.75, 3.05) is 0 Å². The van der Waals surface area contributed by atoms with Crippen LogP contribution < -0.4 is 0 Å². The van der Waals surface area contributed by atoms with Crippen molar-refractivity contribution < 1.29 is 19.5 Å². The lowest BCUT2D eigenvalue weighted by molar-refractivity contribution is -0.140. The van der Waals surface area contributed by atoms with E-state index in [0.717, 1.165) is 19.3 Å². The number of nitrogens with zero attached hydrogens (tertiary/aromatic N) is 1. The van der Waals surface area contributed by atoms with Gasteiger partial charge in [0.25, 0.3) is 5.24 Å². The largest absolute Gasteiger partial charge is 0.379 e. The topological polar surface area (TPSA) is 84.3 Å². The van der Waals surface area contributed by atoms with Gasteiger partial charge in [-0.05, 0) is 59.3 Å². The first-order chi connectivity index (χ1) is 16.7. The Morgan fingerprint density at radius 2 is 1.34 bits per heavy atom. The highest BCUT2D eigenvalue weighted by molar-refractivity contribution is 6.69. The Kier molecular flexibility index (Phi) is 16.7. The predicted octanol–water partition coefficient (Wildman–Crippen LogP) is 7.61. The van der Waals surface area contributed by atoms with Gasteiger partial charge in [0.15, 0.2) is 5.60 Å². The van der Waals surface area contributed by atoms with Crippen LogP contribution in [0.2, 0.25) is 0 Å². The number of unbranched alkanes of at least 4 members (excludes halogenated alkanes) is 13. The van der Waals surface area contributed by atoms with Gasteiger partial charge in [0.1, 0.15) is 5.92 Å². The van der Waals surface area contributed by atoms with E-state index >= 15 is 0 Å². The van der Waals surface area contributed by atoms with E-state index in [4.69, 9.17) is 34.8 Å². The minimum absolute atomic E-state index is 0.150. The summed E-state index contributed by atoms with van der Waals surface area (Å²) in [4.78, 5) is 39.9. The van der Waals surface area contributed by atoms with Gasteiger partial charge in [-0.1, -0.05) is 96.5 Å². The number of rotatable bonds is 21. The van der Waals surface area contributed by atoms with Crippen LogP contribution in [0.3, 0.4) is 0 Å². The normalized spacial score (nSPS) is 13.9. The number of carbonyl (C=O) groups excluding carboxylic acids is 3. The molecule has 1 N–H and O–H groups in total. The Morgan fingerprint density at radius 1 is 0.857 bits per heavy atom. The lowest BCUT2D eigenvalue weighted by Gasteiger charge is -2.30. The van der Waals surface area contributed by atoms with E-state index in [0.29, 0.717) is 12.0 Å². The van der Waals surface area contributed by atoms with Crippen LogP contribution in [0, 0.1) is 0 Å². The second-order valence-corrected chi connectivity index (χ2v) is 10.5. The molecule has 0 spiro atoms. The first-order valence-corrected chi connectivity index (χ1v) is 14.1. The summed E-state index contributed by atoms with van der Waals surface area (Å²) in [5, 5.41) is 7.52. The van der Waals surface area contributed by atoms with Crippen molar-refractivity contribution in [1.82, 2.24) is 4.98 Å². The van der Waals surface area contributed by atoms with Crippen molar-refractivity contribution >= 4 is 50.5 Å². The highest BCUT2D eigenvalue weighted by atomic mass is 35.5. The van der Waals surface area contributed by atoms with Crippen molar-refractivity contribution in [2.45, 2.75) is 121 Å². The number of carbonyl (C=O) groups is 3. The fourth-order valence-corrected chi connectivity index (χ4v) is 5.11. The van der Waals surface area contributed by atoms with Gasteiger partial charge < -0.3 is 5.11 Å². The molecule has 1 heterocycles. The minimum Gasteiger partial charge on any atom is -0.379 e. The van der Waals surface area contributed by atoms with Gasteiger partial charge in [0.2, 0.25) is 10.5 Å². The highest BCUT2D eigenvalue weighted by Gasteiger charge is 2.50. The standard InChI is InChI=1S/C27H40Cl3NO4/c1-2-3-4-5-6-7-8-9-10-11-12-13-14-15-17-21-18-16-19-31-24(21)23(25(29)33)27(35,26(30)34)20-22(28)32/h16,18-19,23,35H,2-15,17,20H2,1H3. The van der Waals surface area contributed by atoms with E-state index in [1.165, 1.54) is 76.8 Å². The van der Waals surface area contributed by atoms with Gasteiger partial charge in [-0.3, -0.25) is 19.4 Å². The summed E-state index contributed by atoms with van der Waals surface area (Å²) in [6.45, 7) is 2.25. The number of aromatic nitrogens is 1. The number of aliphatic hydroxyl groups is 1. The molecule has 0 fully saturated rings. The van der Waals surface area contributed by atoms with Crippen LogP contribution in [0.1, 0.15) is 120 Å². The molecule has 35 heavy (non-hydrogen) atoms. The van der Waals surface area contributed by atoms with Crippen LogP contribution in [0.5, 0.6) is 0 Å². The summed E-state index contributed by atoms with van der Waals surface area (Å²) in [6.07, 6.45) is 18.7. The first kappa shape index (κ1) is 32.0. The molecular weight excluding hydrogens is 509 g/mol. The Labute approximate surface area is 225 Å². The van der Waals surface area contributed by atoms with Crippen molar-refractivity contribution in [3.63, 3.8) is 0 Å². The zero-order valence-electron chi connectivity index (χ0n) is 20.9. The number of pyridine rings is 1. The third-order valence-electron chi connectivity index (χ3n) is 6.45. The summed E-state index contributed by atoms with van der Waals surface area (Å²) in [6, 6.07) is 3.49. The average molecular weight is 549 g/mol. The molecule has 0 saturated carbocycles. The van der Waals surface area contributed by atoms with Crippen LogP contribution >= 0.6 is 34.8 Å². The zero-order chi connectivity index (χ0) is 26.1. The van der Waals surface area contributed by atoms with E-state index in [9.17, 15) is 19.5 Å². The molecule has 0 amide bonds. The molecule has 0 aromatic carbocycles. The fraction of sp³-hybridized carbons (Fsp3) is 0.704. The maximum Gasteiger partial charge on any atom is 0.255 e. The highest BCUT2D eigenvalue weighted by Crippen LogP contribution is 2.37. The maximum atomic E-state index is 12.2. The zero-order valence-corrected chi connectivity index (χ0v) is 23.1. The van der Waals surface area contributed by atoms with Gasteiger partial charge >= 0.3 is 0 Å². The van der Waals surface area contributed by atoms with Crippen molar-refractivity contribution in [2.24, 2.45) is 0 Å². The second kappa shape index (κ2) is 18.3. The maximum absolute atomic E-state index is 12.2. The van der Waals surface area contributed by atoms with Crippen LogP contribution in [-0.2, 0) is 20.8 Å². The van der Waals surface area contributed by atoms with Gasteiger partial charge in [-0.15, -0.1) is 0 Å². The summed E-state index contributed by atoms with van der Waals surface area (Å²) < 4.78 is 0. The van der Waals surface area contributed by atoms with Crippen molar-refractivity contribution in [3.8, 4) is 0 Å². The monoisotopic (exact) mass is 547 g/mol. The summed E-state index contributed by atoms with van der Waals surface area (Å²) in [5.74, 6) is -1.58. The molecule has 8 heteroatoms. The molecule has 2 atom stereocenters. The molecule has 0 radical (unpaired) electrons. The van der Waals surface area contributed by atoms with Gasteiger partial charge in [-0.25, -0.2) is 0 Å². The third kappa shape index (κ3) is 12.2. The van der Waals surface area contributed by atoms with E-state index in [1.54, 1.807) is 12.1 Å². The first-order valence-electron chi connectivity index (χ1n) is 13.0. The number of hydrogen-bond donors (Lipinski definition) is 1. The Hall–Kier alpha value is -1.01. The SMILES string of the molecule is CCCCCCCCCCCCCCCCc1cccnc1C(C(=O)Cl)C(O)(CC(=O)Cl)C(=O)Cl. The molecule has 1 aromatic heterocycles. The molecule has 0 saturated heterocycles. The third-order valence-corrected chi connectivity index (χ3v) is 7.13. The Morgan fingerprint density at radius 3 is 1.77 bits per heavy atom. The smallest absolute Gasteiger partial charge is 0.255 e. The molecule has 198 valence electrons. The molecule has 1 aromatic rings. The van der Waals surface area contributed by atoms with Gasteiger partial charge in [0.05, 0.1) is 12.1 Å². The fourth-order valence-electron chi connectivity index (χ4n) is 4.45. The van der Waals surface area contributed by atoms with Crippen LogP contribution in [0.15, 0.2) is 18.3 Å². The molecule has 2 unspecified atom stereocenters. The predicted molar refractivity (Wildman–Crippen MR) is 143 cm³/mol. The molecule has 0 bridgehead atoms. The molecule has 1 rings (SSSR count). The quantitative estimate of drug-likeness (QED) is 0.126. The van der Waals surface area contributed by atoms with Crippen LogP contribution in [0.4, 0.5) is 0 Å². The summed E-state index contributed by atoms with van der Waals surface area (Å²) in [7, 11) is 0. The van der Waals surface area contributed by atoms with E-state index < -0.39 is 33.7 Å². The molecular formula is C27H40Cl3NO4. The van der Waals surface area contributed by atoms with Crippen LogP contribution in [0.25, 0.3) is 0 Å². The van der Waals surface area contributed by atoms with Gasteiger partial charge in [0, 0.05) is 6.20 Å². The molecule has 0 aliphatic rings. The summed E-state index contributed by atoms with van der Waals surface area (Å²) >= 11 is 16.7. The van der Waals surface area contributed by atoms with Gasteiger partial charge in [-0.2, -0.15) is 0 Å². The average Bonchev–Trinajstić information content (AvgIpc) is 2.79. The van der Waals surface area contributed by atoms with Crippen LogP contribution in [-0.4, -0.2) is 31.4 Å². The van der Waals surface area contributed by atoms with E-state index in [2.05, 4.69) is 11.9 Å². The molecule has 0 aliphatic heterocycles. The summed E-state index contributed by atoms with van der Waals surface area (Å²) in [5.41, 5.74) is -1.72. The number of halogens is 3. The van der Waals surface area contributed by atoms with E-state index in [-0.39, 0.29) is 5.69 Å². The molecule has 0 aliphatic carbocycles. The van der Waals surface area contributed by atoms with Crippen molar-refractivity contribution in [1.29, 1.82) is 0 Å². The lowest BCUT2D eigenvalue weighted by atomic mass is 9.81. The second-order valence-electron chi connectivity index (χ2n) is 9.36. The van der Waals surface area contributed by atoms with E-state index in [1.807, 2.05) is 0 Å². The minimum atomic E-state index is -2.56. The Balaban J connectivity index is 2.48. The number of hydrogen-bond acceptors (Lipinski definition) is 5. The number of aryl methyl sites for hydroxylation is 1. The Bertz CT molecular complexity index is 789.